The summed E-state index contributed by atoms with van der Waals surface area (Å²) in [5.74, 6) is 0.701. The van der Waals surface area contributed by atoms with Gasteiger partial charge in [0, 0.05) is 44.9 Å². The third kappa shape index (κ3) is 3.24. The highest BCUT2D eigenvalue weighted by Gasteiger charge is 2.25. The highest BCUT2D eigenvalue weighted by atomic mass is 16.6. The van der Waals surface area contributed by atoms with E-state index in [0.29, 0.717) is 31.7 Å². The Hall–Kier alpha value is -3.56. The van der Waals surface area contributed by atoms with E-state index in [9.17, 15) is 14.9 Å². The number of amides is 1. The lowest BCUT2D eigenvalue weighted by Crippen LogP contribution is -2.49. The molecule has 1 aliphatic heterocycles. The van der Waals surface area contributed by atoms with Gasteiger partial charge in [0.05, 0.1) is 22.9 Å². The lowest BCUT2D eigenvalue weighted by Gasteiger charge is -2.35. The summed E-state index contributed by atoms with van der Waals surface area (Å²) >= 11 is 0. The van der Waals surface area contributed by atoms with E-state index in [-0.39, 0.29) is 18.0 Å². The maximum absolute atomic E-state index is 12.6. The minimum absolute atomic E-state index is 0.0190. The summed E-state index contributed by atoms with van der Waals surface area (Å²) in [6, 6.07) is 6.37. The van der Waals surface area contributed by atoms with Crippen molar-refractivity contribution < 1.29 is 9.72 Å². The van der Waals surface area contributed by atoms with Crippen molar-refractivity contribution >= 4 is 28.4 Å². The van der Waals surface area contributed by atoms with Crippen LogP contribution in [0.5, 0.6) is 0 Å². The van der Waals surface area contributed by atoms with E-state index in [1.165, 1.54) is 12.4 Å². The normalized spacial score (nSPS) is 14.5. The number of fused-ring (bicyclic) bond motifs is 1. The average Bonchev–Trinajstić information content (AvgIpc) is 3.09. The van der Waals surface area contributed by atoms with E-state index < -0.39 is 4.92 Å². The molecule has 0 unspecified atom stereocenters. The molecule has 0 spiro atoms. The highest BCUT2D eigenvalue weighted by Crippen LogP contribution is 2.24. The summed E-state index contributed by atoms with van der Waals surface area (Å²) in [5, 5.41) is 16.3. The van der Waals surface area contributed by atoms with Crippen molar-refractivity contribution in [2.24, 2.45) is 7.05 Å². The van der Waals surface area contributed by atoms with Crippen LogP contribution in [0.25, 0.3) is 11.0 Å². The van der Waals surface area contributed by atoms with E-state index in [4.69, 9.17) is 0 Å². The third-order valence-electron chi connectivity index (χ3n) is 4.97. The molecular weight excluding hydrogens is 362 g/mol. The smallest absolute Gasteiger partial charge is 0.273 e. The largest absolute Gasteiger partial charge is 0.352 e. The number of nitro benzene ring substituents is 1. The Kier molecular flexibility index (Phi) is 4.60. The number of carbonyl (C=O) groups excluding carboxylic acids is 1. The SMILES string of the molecule is Cn1ncc2c(N3CCN(C(=O)Cc4ccccc4[N+](=O)[O-])CC3)ncnc21. The van der Waals surface area contributed by atoms with Crippen molar-refractivity contribution in [2.45, 2.75) is 6.42 Å². The first-order valence-corrected chi connectivity index (χ1v) is 8.92. The van der Waals surface area contributed by atoms with E-state index >= 15 is 0 Å². The van der Waals surface area contributed by atoms with E-state index in [0.717, 1.165) is 16.9 Å². The molecule has 0 bridgehead atoms. The Morgan fingerprint density at radius 2 is 1.93 bits per heavy atom. The molecule has 1 aliphatic rings. The molecule has 1 saturated heterocycles. The van der Waals surface area contributed by atoms with Gasteiger partial charge in [-0.15, -0.1) is 0 Å². The van der Waals surface area contributed by atoms with Gasteiger partial charge in [-0.1, -0.05) is 18.2 Å². The Balaban J connectivity index is 1.44. The van der Waals surface area contributed by atoms with Gasteiger partial charge < -0.3 is 9.80 Å². The minimum Gasteiger partial charge on any atom is -0.352 e. The molecule has 0 N–H and O–H groups in total. The molecule has 0 saturated carbocycles. The highest BCUT2D eigenvalue weighted by molar-refractivity contribution is 5.87. The number of carbonyl (C=O) groups is 1. The molecule has 3 heterocycles. The van der Waals surface area contributed by atoms with Gasteiger partial charge in [0.15, 0.2) is 5.65 Å². The molecule has 0 atom stereocenters. The van der Waals surface area contributed by atoms with Crippen molar-refractivity contribution in [3.8, 4) is 0 Å². The van der Waals surface area contributed by atoms with Gasteiger partial charge in [-0.3, -0.25) is 19.6 Å². The monoisotopic (exact) mass is 381 g/mol. The molecule has 1 aromatic carbocycles. The maximum Gasteiger partial charge on any atom is 0.273 e. The number of nitro groups is 1. The third-order valence-corrected chi connectivity index (χ3v) is 4.97. The van der Waals surface area contributed by atoms with Crippen LogP contribution in [-0.2, 0) is 18.3 Å². The number of rotatable bonds is 4. The van der Waals surface area contributed by atoms with Gasteiger partial charge in [-0.25, -0.2) is 9.97 Å². The van der Waals surface area contributed by atoms with Crippen LogP contribution in [0, 0.1) is 10.1 Å². The lowest BCUT2D eigenvalue weighted by atomic mass is 10.1. The molecule has 10 nitrogen and oxygen atoms in total. The Morgan fingerprint density at radius 1 is 1.18 bits per heavy atom. The second-order valence-corrected chi connectivity index (χ2v) is 6.63. The number of hydrogen-bond donors (Lipinski definition) is 0. The molecular formula is C18H19N7O3. The van der Waals surface area contributed by atoms with Crippen LogP contribution >= 0.6 is 0 Å². The molecule has 4 rings (SSSR count). The second kappa shape index (κ2) is 7.22. The van der Waals surface area contributed by atoms with Crippen LogP contribution in [0.4, 0.5) is 11.5 Å². The summed E-state index contributed by atoms with van der Waals surface area (Å²) in [6.45, 7) is 2.32. The van der Waals surface area contributed by atoms with Crippen LogP contribution < -0.4 is 4.90 Å². The fourth-order valence-electron chi connectivity index (χ4n) is 3.48. The molecule has 2 aromatic heterocycles. The maximum atomic E-state index is 12.6. The van der Waals surface area contributed by atoms with E-state index in [2.05, 4.69) is 20.0 Å². The quantitative estimate of drug-likeness (QED) is 0.493. The van der Waals surface area contributed by atoms with Crippen molar-refractivity contribution in [1.29, 1.82) is 0 Å². The van der Waals surface area contributed by atoms with E-state index in [1.54, 1.807) is 34.0 Å². The van der Waals surface area contributed by atoms with Gasteiger partial charge in [0.25, 0.3) is 5.69 Å². The zero-order valence-corrected chi connectivity index (χ0v) is 15.4. The molecule has 0 aliphatic carbocycles. The number of aromatic nitrogens is 4. The first-order chi connectivity index (χ1) is 13.5. The van der Waals surface area contributed by atoms with Crippen molar-refractivity contribution in [2.75, 3.05) is 31.1 Å². The Morgan fingerprint density at radius 3 is 2.68 bits per heavy atom. The Labute approximate surface area is 160 Å². The van der Waals surface area contributed by atoms with E-state index in [1.807, 2.05) is 7.05 Å². The molecule has 0 radical (unpaired) electrons. The first-order valence-electron chi connectivity index (χ1n) is 8.92. The predicted octanol–water partition coefficient (Wildman–Crippen LogP) is 1.16. The molecule has 3 aromatic rings. The number of anilines is 1. The van der Waals surface area contributed by atoms with Gasteiger partial charge in [-0.2, -0.15) is 5.10 Å². The number of hydrogen-bond acceptors (Lipinski definition) is 7. The van der Waals surface area contributed by atoms with Crippen molar-refractivity contribution in [3.05, 3.63) is 52.5 Å². The standard InChI is InChI=1S/C18H19N7O3/c1-22-17-14(11-21-22)18(20-12-19-17)24-8-6-23(7-9-24)16(26)10-13-4-2-3-5-15(13)25(27)28/h2-5,11-12H,6-10H2,1H3. The molecule has 1 fully saturated rings. The van der Waals surface area contributed by atoms with Crippen molar-refractivity contribution in [1.82, 2.24) is 24.6 Å². The first kappa shape index (κ1) is 17.8. The fourth-order valence-corrected chi connectivity index (χ4v) is 3.48. The zero-order valence-electron chi connectivity index (χ0n) is 15.4. The van der Waals surface area contributed by atoms with Gasteiger partial charge in [-0.05, 0) is 0 Å². The predicted molar refractivity (Wildman–Crippen MR) is 102 cm³/mol. The zero-order chi connectivity index (χ0) is 19.7. The number of nitrogens with zero attached hydrogens (tertiary/aromatic N) is 7. The van der Waals surface area contributed by atoms with Crippen LogP contribution in [-0.4, -0.2) is 61.7 Å². The fraction of sp³-hybridized carbons (Fsp3) is 0.333. The van der Waals surface area contributed by atoms with Crippen LogP contribution in [0.2, 0.25) is 0 Å². The number of benzene rings is 1. The lowest BCUT2D eigenvalue weighted by molar-refractivity contribution is -0.385. The minimum atomic E-state index is -0.450. The average molecular weight is 381 g/mol. The number of piperazine rings is 1. The Bertz CT molecular complexity index is 1040. The molecule has 10 heteroatoms. The molecule has 144 valence electrons. The topological polar surface area (TPSA) is 110 Å². The van der Waals surface area contributed by atoms with Gasteiger partial charge in [0.1, 0.15) is 12.1 Å². The summed E-state index contributed by atoms with van der Waals surface area (Å²) < 4.78 is 1.70. The molecule has 28 heavy (non-hydrogen) atoms. The van der Waals surface area contributed by atoms with Gasteiger partial charge in [0.2, 0.25) is 5.91 Å². The second-order valence-electron chi connectivity index (χ2n) is 6.63. The van der Waals surface area contributed by atoms with Crippen LogP contribution in [0.15, 0.2) is 36.8 Å². The summed E-state index contributed by atoms with van der Waals surface area (Å²) in [6.07, 6.45) is 3.29. The summed E-state index contributed by atoms with van der Waals surface area (Å²) in [5.41, 5.74) is 1.18. The summed E-state index contributed by atoms with van der Waals surface area (Å²) in [4.78, 5) is 35.8. The molecule has 1 amide bonds. The number of para-hydroxylation sites is 1. The number of aryl methyl sites for hydroxylation is 1. The van der Waals surface area contributed by atoms with Crippen LogP contribution in [0.3, 0.4) is 0 Å². The van der Waals surface area contributed by atoms with Crippen LogP contribution in [0.1, 0.15) is 5.56 Å². The van der Waals surface area contributed by atoms with Crippen molar-refractivity contribution in [3.63, 3.8) is 0 Å². The summed E-state index contributed by atoms with van der Waals surface area (Å²) in [7, 11) is 1.83. The van der Waals surface area contributed by atoms with Gasteiger partial charge >= 0.3 is 0 Å².